The maximum Gasteiger partial charge on any atom is 0.274 e. The molecule has 26 heavy (non-hydrogen) atoms. The average molecular weight is 350 g/mol. The van der Waals surface area contributed by atoms with Crippen molar-refractivity contribution in [3.8, 4) is 0 Å². The van der Waals surface area contributed by atoms with Gasteiger partial charge in [-0.1, -0.05) is 6.07 Å². The van der Waals surface area contributed by atoms with E-state index in [0.29, 0.717) is 31.9 Å². The molecule has 2 aromatic rings. The summed E-state index contributed by atoms with van der Waals surface area (Å²) in [5.41, 5.74) is 3.80. The molecule has 4 rings (SSSR count). The highest BCUT2D eigenvalue weighted by atomic mass is 16.2. The zero-order valence-electron chi connectivity index (χ0n) is 14.7. The number of carbonyl (C=O) groups excluding carboxylic acids is 2. The monoisotopic (exact) mass is 350 g/mol. The Morgan fingerprint density at radius 1 is 0.846 bits per heavy atom. The molecule has 0 spiro atoms. The van der Waals surface area contributed by atoms with Gasteiger partial charge in [0.2, 0.25) is 0 Å². The highest BCUT2D eigenvalue weighted by Crippen LogP contribution is 2.23. The third kappa shape index (κ3) is 3.31. The molecule has 1 aromatic carbocycles. The Bertz CT molecular complexity index is 822. The Kier molecular flexibility index (Phi) is 4.65. The van der Waals surface area contributed by atoms with Crippen LogP contribution in [0.4, 0.5) is 0 Å². The minimum Gasteiger partial charge on any atom is -0.337 e. The van der Waals surface area contributed by atoms with Crippen LogP contribution < -0.4 is 0 Å². The Hall–Kier alpha value is -2.76. The van der Waals surface area contributed by atoms with E-state index in [9.17, 15) is 9.59 Å². The van der Waals surface area contributed by atoms with Gasteiger partial charge in [-0.05, 0) is 48.9 Å². The summed E-state index contributed by atoms with van der Waals surface area (Å²) in [5, 5.41) is 0. The van der Waals surface area contributed by atoms with Crippen molar-refractivity contribution in [2.75, 3.05) is 26.2 Å². The maximum absolute atomic E-state index is 12.9. The summed E-state index contributed by atoms with van der Waals surface area (Å²) >= 11 is 0. The number of fused-ring (bicyclic) bond motifs is 1. The molecule has 0 atom stereocenters. The van der Waals surface area contributed by atoms with Crippen LogP contribution in [0.2, 0.25) is 0 Å². The number of amides is 2. The molecule has 1 aliphatic heterocycles. The van der Waals surface area contributed by atoms with E-state index < -0.39 is 0 Å². The topological polar surface area (TPSA) is 66.4 Å². The van der Waals surface area contributed by atoms with Crippen molar-refractivity contribution in [1.82, 2.24) is 19.8 Å². The number of carbonyl (C=O) groups is 2. The van der Waals surface area contributed by atoms with Crippen LogP contribution in [0.3, 0.4) is 0 Å². The Labute approximate surface area is 152 Å². The van der Waals surface area contributed by atoms with E-state index in [4.69, 9.17) is 0 Å². The fraction of sp³-hybridized carbons (Fsp3) is 0.400. The summed E-state index contributed by atoms with van der Waals surface area (Å²) in [6, 6.07) is 6.09. The first-order chi connectivity index (χ1) is 12.7. The molecule has 134 valence electrons. The molecule has 0 radical (unpaired) electrons. The van der Waals surface area contributed by atoms with Crippen molar-refractivity contribution in [3.05, 3.63) is 59.2 Å². The Balaban J connectivity index is 1.43. The standard InChI is InChI=1S/C20H22N4O2/c25-19(17-6-5-15-3-1-4-16(15)13-17)23-9-2-10-24(12-11-23)20(26)18-14-21-7-8-22-18/h5-8,13-14H,1-4,9-12H2. The van der Waals surface area contributed by atoms with Crippen molar-refractivity contribution < 1.29 is 9.59 Å². The molecule has 0 unspecified atom stereocenters. The molecular formula is C20H22N4O2. The van der Waals surface area contributed by atoms with Crippen LogP contribution in [0.15, 0.2) is 36.8 Å². The summed E-state index contributed by atoms with van der Waals surface area (Å²) in [5.74, 6) is -0.0570. The number of aryl methyl sites for hydroxylation is 2. The van der Waals surface area contributed by atoms with Gasteiger partial charge in [-0.25, -0.2) is 4.98 Å². The van der Waals surface area contributed by atoms with Crippen LogP contribution in [0.5, 0.6) is 0 Å². The summed E-state index contributed by atoms with van der Waals surface area (Å²) in [6.07, 6.45) is 8.69. The fourth-order valence-corrected chi connectivity index (χ4v) is 3.78. The number of aromatic nitrogens is 2. The third-order valence-corrected chi connectivity index (χ3v) is 5.20. The number of hydrogen-bond donors (Lipinski definition) is 0. The van der Waals surface area contributed by atoms with Crippen molar-refractivity contribution in [2.45, 2.75) is 25.7 Å². The van der Waals surface area contributed by atoms with Gasteiger partial charge in [0.25, 0.3) is 11.8 Å². The second kappa shape index (κ2) is 7.23. The lowest BCUT2D eigenvalue weighted by atomic mass is 10.1. The predicted octanol–water partition coefficient (Wildman–Crippen LogP) is 1.95. The van der Waals surface area contributed by atoms with E-state index in [2.05, 4.69) is 22.1 Å². The molecule has 0 bridgehead atoms. The molecule has 1 aliphatic carbocycles. The van der Waals surface area contributed by atoms with Crippen LogP contribution in [-0.2, 0) is 12.8 Å². The molecule has 2 aliphatic rings. The number of rotatable bonds is 2. The van der Waals surface area contributed by atoms with Gasteiger partial charge < -0.3 is 9.80 Å². The first kappa shape index (κ1) is 16.7. The molecule has 1 fully saturated rings. The Morgan fingerprint density at radius 2 is 1.62 bits per heavy atom. The molecule has 6 heteroatoms. The smallest absolute Gasteiger partial charge is 0.274 e. The molecule has 6 nitrogen and oxygen atoms in total. The summed E-state index contributed by atoms with van der Waals surface area (Å²) in [4.78, 5) is 37.1. The van der Waals surface area contributed by atoms with Gasteiger partial charge >= 0.3 is 0 Å². The lowest BCUT2D eigenvalue weighted by molar-refractivity contribution is 0.0715. The van der Waals surface area contributed by atoms with Gasteiger partial charge in [0.05, 0.1) is 6.20 Å². The second-order valence-electron chi connectivity index (χ2n) is 6.87. The summed E-state index contributed by atoms with van der Waals surface area (Å²) < 4.78 is 0. The highest BCUT2D eigenvalue weighted by Gasteiger charge is 2.25. The van der Waals surface area contributed by atoms with Gasteiger partial charge in [-0.3, -0.25) is 14.6 Å². The van der Waals surface area contributed by atoms with Crippen LogP contribution in [0, 0.1) is 0 Å². The van der Waals surface area contributed by atoms with Crippen LogP contribution in [-0.4, -0.2) is 57.8 Å². The summed E-state index contributed by atoms with van der Waals surface area (Å²) in [7, 11) is 0. The van der Waals surface area contributed by atoms with Gasteiger partial charge in [0.15, 0.2) is 0 Å². The molecule has 0 N–H and O–H groups in total. The highest BCUT2D eigenvalue weighted by molar-refractivity contribution is 5.95. The SMILES string of the molecule is O=C(c1ccc2c(c1)CCC2)N1CCCN(C(=O)c2cnccn2)CC1. The number of benzene rings is 1. The quantitative estimate of drug-likeness (QED) is 0.830. The van der Waals surface area contributed by atoms with Crippen LogP contribution in [0.1, 0.15) is 44.8 Å². The number of hydrogen-bond acceptors (Lipinski definition) is 4. The molecule has 2 amide bonds. The molecule has 0 saturated carbocycles. The van der Waals surface area contributed by atoms with E-state index >= 15 is 0 Å². The van der Waals surface area contributed by atoms with E-state index in [0.717, 1.165) is 24.8 Å². The van der Waals surface area contributed by atoms with Gasteiger partial charge in [0.1, 0.15) is 5.69 Å². The molecule has 2 heterocycles. The summed E-state index contributed by atoms with van der Waals surface area (Å²) in [6.45, 7) is 2.36. The van der Waals surface area contributed by atoms with Crippen molar-refractivity contribution >= 4 is 11.8 Å². The predicted molar refractivity (Wildman–Crippen MR) is 96.9 cm³/mol. The molecular weight excluding hydrogens is 328 g/mol. The van der Waals surface area contributed by atoms with Crippen molar-refractivity contribution in [3.63, 3.8) is 0 Å². The minimum atomic E-state index is -0.120. The van der Waals surface area contributed by atoms with E-state index in [1.165, 1.54) is 29.9 Å². The lowest BCUT2D eigenvalue weighted by Crippen LogP contribution is -2.37. The largest absolute Gasteiger partial charge is 0.337 e. The minimum absolute atomic E-state index is 0.0634. The average Bonchev–Trinajstić information content (AvgIpc) is 3.02. The maximum atomic E-state index is 12.9. The lowest BCUT2D eigenvalue weighted by Gasteiger charge is -2.22. The van der Waals surface area contributed by atoms with E-state index in [-0.39, 0.29) is 11.8 Å². The van der Waals surface area contributed by atoms with E-state index in [1.807, 2.05) is 11.0 Å². The van der Waals surface area contributed by atoms with Crippen LogP contribution >= 0.6 is 0 Å². The van der Waals surface area contributed by atoms with Gasteiger partial charge in [-0.15, -0.1) is 0 Å². The molecule has 1 aromatic heterocycles. The Morgan fingerprint density at radius 3 is 2.38 bits per heavy atom. The molecule has 1 saturated heterocycles. The fourth-order valence-electron chi connectivity index (χ4n) is 3.78. The van der Waals surface area contributed by atoms with E-state index in [1.54, 1.807) is 11.1 Å². The number of nitrogens with zero attached hydrogens (tertiary/aromatic N) is 4. The normalized spacial score (nSPS) is 16.9. The first-order valence-corrected chi connectivity index (χ1v) is 9.19. The van der Waals surface area contributed by atoms with Crippen LogP contribution in [0.25, 0.3) is 0 Å². The van der Waals surface area contributed by atoms with Gasteiger partial charge in [-0.2, -0.15) is 0 Å². The third-order valence-electron chi connectivity index (χ3n) is 5.20. The van der Waals surface area contributed by atoms with Crippen molar-refractivity contribution in [2.24, 2.45) is 0 Å². The zero-order valence-corrected chi connectivity index (χ0v) is 14.7. The zero-order chi connectivity index (χ0) is 17.9. The first-order valence-electron chi connectivity index (χ1n) is 9.19. The second-order valence-corrected chi connectivity index (χ2v) is 6.87. The van der Waals surface area contributed by atoms with Gasteiger partial charge in [0, 0.05) is 44.1 Å². The van der Waals surface area contributed by atoms with Crippen molar-refractivity contribution in [1.29, 1.82) is 0 Å².